The van der Waals surface area contributed by atoms with Gasteiger partial charge in [-0.1, -0.05) is 24.3 Å². The van der Waals surface area contributed by atoms with Crippen LogP contribution < -0.4 is 0 Å². The molecule has 100 valence electrons. The number of fused-ring (bicyclic) bond motifs is 1. The second-order valence-corrected chi connectivity index (χ2v) is 4.88. The standard InChI is InChI=1S/C15H22O3/c1-17-8-9-18-7-6-14(16)11-13-10-12-4-2-3-5-15(12)13/h2-5,13-14,16H,6-11H2,1H3. The number of aliphatic hydroxyl groups excluding tert-OH is 1. The fourth-order valence-electron chi connectivity index (χ4n) is 2.48. The molecular weight excluding hydrogens is 228 g/mol. The lowest BCUT2D eigenvalue weighted by Crippen LogP contribution is -2.23. The zero-order valence-corrected chi connectivity index (χ0v) is 11.0. The average molecular weight is 250 g/mol. The average Bonchev–Trinajstić information content (AvgIpc) is 2.36. The molecule has 0 amide bonds. The van der Waals surface area contributed by atoms with Crippen molar-refractivity contribution in [3.05, 3.63) is 35.4 Å². The third kappa shape index (κ3) is 3.55. The lowest BCUT2D eigenvalue weighted by Gasteiger charge is -2.31. The van der Waals surface area contributed by atoms with Crippen LogP contribution >= 0.6 is 0 Å². The van der Waals surface area contributed by atoms with Crippen molar-refractivity contribution in [2.75, 3.05) is 26.9 Å². The Balaban J connectivity index is 1.63. The maximum Gasteiger partial charge on any atom is 0.0700 e. The van der Waals surface area contributed by atoms with Crippen LogP contribution in [0.4, 0.5) is 0 Å². The maximum absolute atomic E-state index is 9.96. The molecule has 3 nitrogen and oxygen atoms in total. The van der Waals surface area contributed by atoms with Crippen molar-refractivity contribution in [1.29, 1.82) is 0 Å². The first-order valence-corrected chi connectivity index (χ1v) is 6.64. The topological polar surface area (TPSA) is 38.7 Å². The van der Waals surface area contributed by atoms with Crippen LogP contribution in [0.1, 0.15) is 29.9 Å². The molecule has 1 aromatic rings. The van der Waals surface area contributed by atoms with Gasteiger partial charge in [0.1, 0.15) is 0 Å². The summed E-state index contributed by atoms with van der Waals surface area (Å²) in [5.74, 6) is 0.537. The number of aliphatic hydroxyl groups is 1. The lowest BCUT2D eigenvalue weighted by molar-refractivity contribution is 0.0438. The first-order valence-electron chi connectivity index (χ1n) is 6.64. The monoisotopic (exact) mass is 250 g/mol. The van der Waals surface area contributed by atoms with Crippen molar-refractivity contribution in [3.8, 4) is 0 Å². The fourth-order valence-corrected chi connectivity index (χ4v) is 2.48. The molecule has 0 bridgehead atoms. The Morgan fingerprint density at radius 1 is 1.28 bits per heavy atom. The number of methoxy groups -OCH3 is 1. The highest BCUT2D eigenvalue weighted by molar-refractivity contribution is 5.39. The number of hydrogen-bond donors (Lipinski definition) is 1. The smallest absolute Gasteiger partial charge is 0.0700 e. The molecule has 0 radical (unpaired) electrons. The lowest BCUT2D eigenvalue weighted by atomic mass is 9.74. The summed E-state index contributed by atoms with van der Waals surface area (Å²) in [5, 5.41) is 9.96. The Labute approximate surface area is 109 Å². The van der Waals surface area contributed by atoms with Crippen LogP contribution in [0.3, 0.4) is 0 Å². The van der Waals surface area contributed by atoms with Gasteiger partial charge in [0, 0.05) is 13.7 Å². The van der Waals surface area contributed by atoms with Gasteiger partial charge < -0.3 is 14.6 Å². The van der Waals surface area contributed by atoms with Gasteiger partial charge in [0.2, 0.25) is 0 Å². The summed E-state index contributed by atoms with van der Waals surface area (Å²) < 4.78 is 10.3. The Hall–Kier alpha value is -0.900. The minimum absolute atomic E-state index is 0.258. The molecule has 0 aliphatic heterocycles. The van der Waals surface area contributed by atoms with Crippen molar-refractivity contribution in [3.63, 3.8) is 0 Å². The molecule has 0 heterocycles. The minimum atomic E-state index is -0.258. The summed E-state index contributed by atoms with van der Waals surface area (Å²) >= 11 is 0. The first kappa shape index (κ1) is 13.5. The van der Waals surface area contributed by atoms with Gasteiger partial charge in [-0.2, -0.15) is 0 Å². The Morgan fingerprint density at radius 3 is 2.89 bits per heavy atom. The van der Waals surface area contributed by atoms with Crippen LogP contribution in [0.15, 0.2) is 24.3 Å². The van der Waals surface area contributed by atoms with E-state index in [1.165, 1.54) is 11.1 Å². The molecule has 2 atom stereocenters. The predicted molar refractivity (Wildman–Crippen MR) is 70.8 cm³/mol. The molecule has 0 aromatic heterocycles. The van der Waals surface area contributed by atoms with Crippen LogP contribution in [0.25, 0.3) is 0 Å². The van der Waals surface area contributed by atoms with E-state index in [2.05, 4.69) is 24.3 Å². The van der Waals surface area contributed by atoms with E-state index in [4.69, 9.17) is 9.47 Å². The number of rotatable bonds is 8. The predicted octanol–water partition coefficient (Wildman–Crippen LogP) is 2.13. The molecule has 1 aliphatic carbocycles. The quantitative estimate of drug-likeness (QED) is 0.718. The van der Waals surface area contributed by atoms with Crippen molar-refractivity contribution in [2.45, 2.75) is 31.3 Å². The zero-order valence-electron chi connectivity index (χ0n) is 11.0. The Morgan fingerprint density at radius 2 is 2.11 bits per heavy atom. The zero-order chi connectivity index (χ0) is 12.8. The fraction of sp³-hybridized carbons (Fsp3) is 0.600. The summed E-state index contributed by atoms with van der Waals surface area (Å²) in [4.78, 5) is 0. The van der Waals surface area contributed by atoms with E-state index in [-0.39, 0.29) is 6.10 Å². The molecule has 1 N–H and O–H groups in total. The van der Waals surface area contributed by atoms with Crippen LogP contribution in [-0.4, -0.2) is 38.1 Å². The molecule has 0 fully saturated rings. The van der Waals surface area contributed by atoms with Crippen LogP contribution in [0.5, 0.6) is 0 Å². The van der Waals surface area contributed by atoms with Gasteiger partial charge in [0.15, 0.2) is 0 Å². The van der Waals surface area contributed by atoms with Crippen LogP contribution in [-0.2, 0) is 15.9 Å². The van der Waals surface area contributed by atoms with Gasteiger partial charge in [0.05, 0.1) is 19.3 Å². The van der Waals surface area contributed by atoms with Gasteiger partial charge in [-0.15, -0.1) is 0 Å². The number of ether oxygens (including phenoxy) is 2. The molecule has 0 spiro atoms. The van der Waals surface area contributed by atoms with Gasteiger partial charge in [-0.25, -0.2) is 0 Å². The van der Waals surface area contributed by atoms with E-state index in [9.17, 15) is 5.11 Å². The number of hydrogen-bond acceptors (Lipinski definition) is 3. The largest absolute Gasteiger partial charge is 0.393 e. The third-order valence-corrected chi connectivity index (χ3v) is 3.55. The molecular formula is C15H22O3. The summed E-state index contributed by atoms with van der Waals surface area (Å²) in [6, 6.07) is 8.50. The van der Waals surface area contributed by atoms with E-state index < -0.39 is 0 Å². The minimum Gasteiger partial charge on any atom is -0.393 e. The number of benzene rings is 1. The molecule has 18 heavy (non-hydrogen) atoms. The van der Waals surface area contributed by atoms with E-state index in [0.717, 1.165) is 12.8 Å². The maximum atomic E-state index is 9.96. The summed E-state index contributed by atoms with van der Waals surface area (Å²) in [6.45, 7) is 1.83. The molecule has 1 aliphatic rings. The Kier molecular flexibility index (Phi) is 5.17. The molecule has 2 unspecified atom stereocenters. The van der Waals surface area contributed by atoms with Gasteiger partial charge in [-0.3, -0.25) is 0 Å². The van der Waals surface area contributed by atoms with Crippen LogP contribution in [0.2, 0.25) is 0 Å². The highest BCUT2D eigenvalue weighted by Gasteiger charge is 2.27. The summed E-state index contributed by atoms with van der Waals surface area (Å²) in [6.07, 6.45) is 2.41. The highest BCUT2D eigenvalue weighted by Crippen LogP contribution is 2.38. The summed E-state index contributed by atoms with van der Waals surface area (Å²) in [5.41, 5.74) is 2.85. The molecule has 0 saturated heterocycles. The van der Waals surface area contributed by atoms with E-state index in [1.807, 2.05) is 0 Å². The van der Waals surface area contributed by atoms with E-state index in [0.29, 0.717) is 32.2 Å². The van der Waals surface area contributed by atoms with Crippen LogP contribution in [0, 0.1) is 0 Å². The second kappa shape index (κ2) is 6.88. The van der Waals surface area contributed by atoms with E-state index >= 15 is 0 Å². The SMILES string of the molecule is COCCOCCC(O)CC1Cc2ccccc21. The molecule has 3 heteroatoms. The van der Waals surface area contributed by atoms with Crippen molar-refractivity contribution in [2.24, 2.45) is 0 Å². The summed E-state index contributed by atoms with van der Waals surface area (Å²) in [7, 11) is 1.66. The molecule has 0 saturated carbocycles. The van der Waals surface area contributed by atoms with Gasteiger partial charge in [-0.05, 0) is 36.3 Å². The first-order chi connectivity index (χ1) is 8.81. The van der Waals surface area contributed by atoms with E-state index in [1.54, 1.807) is 7.11 Å². The van der Waals surface area contributed by atoms with Crippen molar-refractivity contribution >= 4 is 0 Å². The normalized spacial score (nSPS) is 19.1. The Bertz CT molecular complexity index is 365. The second-order valence-electron chi connectivity index (χ2n) is 4.88. The van der Waals surface area contributed by atoms with Gasteiger partial charge >= 0.3 is 0 Å². The third-order valence-electron chi connectivity index (χ3n) is 3.55. The molecule has 2 rings (SSSR count). The van der Waals surface area contributed by atoms with Crippen molar-refractivity contribution < 1.29 is 14.6 Å². The van der Waals surface area contributed by atoms with Gasteiger partial charge in [0.25, 0.3) is 0 Å². The van der Waals surface area contributed by atoms with Crippen molar-refractivity contribution in [1.82, 2.24) is 0 Å². The molecule has 1 aromatic carbocycles. The highest BCUT2D eigenvalue weighted by atomic mass is 16.5.